The van der Waals surface area contributed by atoms with Crippen molar-refractivity contribution in [3.63, 3.8) is 0 Å². The molecule has 2 aliphatic carbocycles. The lowest BCUT2D eigenvalue weighted by Crippen LogP contribution is -2.30. The van der Waals surface area contributed by atoms with Gasteiger partial charge in [0, 0.05) is 24.3 Å². The first-order valence-corrected chi connectivity index (χ1v) is 7.10. The van der Waals surface area contributed by atoms with E-state index in [1.807, 2.05) is 18.2 Å². The minimum Gasteiger partial charge on any atom is -0.409 e. The molecule has 102 valence electrons. The van der Waals surface area contributed by atoms with Crippen LogP contribution in [0.5, 0.6) is 0 Å². The maximum absolute atomic E-state index is 8.93. The van der Waals surface area contributed by atoms with Crippen molar-refractivity contribution >= 4 is 11.5 Å². The SMILES string of the molecule is NC(=NO)c1ccccc1N(CC1CC1)CC1CC1. The van der Waals surface area contributed by atoms with Crippen LogP contribution >= 0.6 is 0 Å². The molecule has 2 saturated carbocycles. The number of para-hydroxylation sites is 1. The second kappa shape index (κ2) is 5.11. The highest BCUT2D eigenvalue weighted by atomic mass is 16.4. The van der Waals surface area contributed by atoms with Crippen LogP contribution < -0.4 is 10.6 Å². The number of amidine groups is 1. The third-order valence-corrected chi connectivity index (χ3v) is 3.98. The Labute approximate surface area is 113 Å². The van der Waals surface area contributed by atoms with E-state index >= 15 is 0 Å². The maximum atomic E-state index is 8.93. The van der Waals surface area contributed by atoms with Crippen LogP contribution in [0.1, 0.15) is 31.2 Å². The summed E-state index contributed by atoms with van der Waals surface area (Å²) in [6, 6.07) is 7.97. The molecule has 19 heavy (non-hydrogen) atoms. The summed E-state index contributed by atoms with van der Waals surface area (Å²) in [6.07, 6.45) is 5.36. The molecule has 3 N–H and O–H groups in total. The minimum atomic E-state index is 0.201. The van der Waals surface area contributed by atoms with Crippen LogP contribution in [0, 0.1) is 11.8 Å². The lowest BCUT2D eigenvalue weighted by atomic mass is 10.1. The molecule has 0 unspecified atom stereocenters. The summed E-state index contributed by atoms with van der Waals surface area (Å²) in [4.78, 5) is 2.43. The Morgan fingerprint density at radius 1 is 1.16 bits per heavy atom. The molecule has 0 aliphatic heterocycles. The van der Waals surface area contributed by atoms with E-state index in [1.54, 1.807) is 0 Å². The van der Waals surface area contributed by atoms with Crippen molar-refractivity contribution in [2.45, 2.75) is 25.7 Å². The van der Waals surface area contributed by atoms with Gasteiger partial charge in [0.1, 0.15) is 0 Å². The van der Waals surface area contributed by atoms with Crippen LogP contribution in [0.15, 0.2) is 29.4 Å². The highest BCUT2D eigenvalue weighted by molar-refractivity contribution is 6.02. The third kappa shape index (κ3) is 3.00. The van der Waals surface area contributed by atoms with Gasteiger partial charge in [0.2, 0.25) is 0 Å². The van der Waals surface area contributed by atoms with Gasteiger partial charge in [0.05, 0.1) is 0 Å². The van der Waals surface area contributed by atoms with E-state index in [0.717, 1.165) is 36.2 Å². The number of nitrogens with zero attached hydrogens (tertiary/aromatic N) is 2. The summed E-state index contributed by atoms with van der Waals surface area (Å²) in [7, 11) is 0. The molecule has 1 aromatic carbocycles. The summed E-state index contributed by atoms with van der Waals surface area (Å²) in [5, 5.41) is 12.1. The van der Waals surface area contributed by atoms with Gasteiger partial charge in [-0.2, -0.15) is 0 Å². The Hall–Kier alpha value is -1.71. The van der Waals surface area contributed by atoms with Gasteiger partial charge in [-0.3, -0.25) is 0 Å². The largest absolute Gasteiger partial charge is 0.409 e. The summed E-state index contributed by atoms with van der Waals surface area (Å²) in [5.41, 5.74) is 7.75. The zero-order valence-corrected chi connectivity index (χ0v) is 11.1. The smallest absolute Gasteiger partial charge is 0.172 e. The highest BCUT2D eigenvalue weighted by Crippen LogP contribution is 2.36. The molecule has 0 heterocycles. The minimum absolute atomic E-state index is 0.201. The first-order valence-electron chi connectivity index (χ1n) is 7.10. The number of oxime groups is 1. The molecule has 4 nitrogen and oxygen atoms in total. The predicted molar refractivity (Wildman–Crippen MR) is 76.6 cm³/mol. The van der Waals surface area contributed by atoms with Crippen molar-refractivity contribution in [3.05, 3.63) is 29.8 Å². The van der Waals surface area contributed by atoms with Gasteiger partial charge in [-0.05, 0) is 49.7 Å². The molecule has 2 aliphatic rings. The molecule has 0 spiro atoms. The lowest BCUT2D eigenvalue weighted by molar-refractivity contribution is 0.318. The van der Waals surface area contributed by atoms with E-state index in [1.165, 1.54) is 25.7 Å². The van der Waals surface area contributed by atoms with Gasteiger partial charge >= 0.3 is 0 Å². The van der Waals surface area contributed by atoms with Gasteiger partial charge in [-0.1, -0.05) is 17.3 Å². The molecule has 1 aromatic rings. The quantitative estimate of drug-likeness (QED) is 0.357. The van der Waals surface area contributed by atoms with Gasteiger partial charge in [0.25, 0.3) is 0 Å². The van der Waals surface area contributed by atoms with Crippen molar-refractivity contribution < 1.29 is 5.21 Å². The molecular weight excluding hydrogens is 238 g/mol. The summed E-state index contributed by atoms with van der Waals surface area (Å²) < 4.78 is 0. The van der Waals surface area contributed by atoms with Crippen LogP contribution in [-0.2, 0) is 0 Å². The topological polar surface area (TPSA) is 61.9 Å². The zero-order chi connectivity index (χ0) is 13.2. The van der Waals surface area contributed by atoms with Crippen LogP contribution in [-0.4, -0.2) is 24.1 Å². The Morgan fingerprint density at radius 3 is 2.26 bits per heavy atom. The van der Waals surface area contributed by atoms with Crippen molar-refractivity contribution in [1.29, 1.82) is 0 Å². The summed E-state index contributed by atoms with van der Waals surface area (Å²) in [5.74, 6) is 1.87. The van der Waals surface area contributed by atoms with Gasteiger partial charge in [0.15, 0.2) is 5.84 Å². The standard InChI is InChI=1S/C15H21N3O/c16-15(17-19)13-3-1-2-4-14(13)18(9-11-5-6-11)10-12-7-8-12/h1-4,11-12,19H,5-10H2,(H2,16,17). The highest BCUT2D eigenvalue weighted by Gasteiger charge is 2.30. The van der Waals surface area contributed by atoms with E-state index in [0.29, 0.717) is 0 Å². The molecule has 0 aromatic heterocycles. The number of anilines is 1. The monoisotopic (exact) mass is 259 g/mol. The zero-order valence-electron chi connectivity index (χ0n) is 11.1. The molecule has 4 heteroatoms. The summed E-state index contributed by atoms with van der Waals surface area (Å²) in [6.45, 7) is 2.21. The van der Waals surface area contributed by atoms with Crippen LogP contribution in [0.4, 0.5) is 5.69 Å². The fourth-order valence-electron chi connectivity index (χ4n) is 2.52. The Morgan fingerprint density at radius 2 is 1.74 bits per heavy atom. The molecule has 3 rings (SSSR count). The van der Waals surface area contributed by atoms with Crippen LogP contribution in [0.2, 0.25) is 0 Å². The summed E-state index contributed by atoms with van der Waals surface area (Å²) >= 11 is 0. The van der Waals surface area contributed by atoms with Gasteiger partial charge in [-0.15, -0.1) is 0 Å². The molecule has 0 atom stereocenters. The van der Waals surface area contributed by atoms with Crippen molar-refractivity contribution in [3.8, 4) is 0 Å². The van der Waals surface area contributed by atoms with Crippen molar-refractivity contribution in [2.24, 2.45) is 22.7 Å². The second-order valence-electron chi connectivity index (χ2n) is 5.79. The Balaban J connectivity index is 1.86. The number of benzene rings is 1. The third-order valence-electron chi connectivity index (χ3n) is 3.98. The maximum Gasteiger partial charge on any atom is 0.172 e. The van der Waals surface area contributed by atoms with E-state index in [9.17, 15) is 0 Å². The molecule has 0 bridgehead atoms. The fraction of sp³-hybridized carbons (Fsp3) is 0.533. The van der Waals surface area contributed by atoms with E-state index in [-0.39, 0.29) is 5.84 Å². The van der Waals surface area contributed by atoms with Crippen LogP contribution in [0.3, 0.4) is 0 Å². The normalized spacial score (nSPS) is 19.5. The molecular formula is C15H21N3O. The first kappa shape index (κ1) is 12.3. The molecule has 2 fully saturated rings. The van der Waals surface area contributed by atoms with E-state index in [2.05, 4.69) is 16.1 Å². The first-order chi connectivity index (χ1) is 9.28. The second-order valence-corrected chi connectivity index (χ2v) is 5.79. The number of hydrogen-bond donors (Lipinski definition) is 2. The number of rotatable bonds is 6. The Kier molecular flexibility index (Phi) is 3.32. The van der Waals surface area contributed by atoms with Crippen molar-refractivity contribution in [2.75, 3.05) is 18.0 Å². The van der Waals surface area contributed by atoms with Gasteiger partial charge < -0.3 is 15.8 Å². The average molecular weight is 259 g/mol. The Bertz CT molecular complexity index is 464. The van der Waals surface area contributed by atoms with Gasteiger partial charge in [-0.25, -0.2) is 0 Å². The molecule has 0 saturated heterocycles. The predicted octanol–water partition coefficient (Wildman–Crippen LogP) is 2.41. The van der Waals surface area contributed by atoms with Crippen LogP contribution in [0.25, 0.3) is 0 Å². The fourth-order valence-corrected chi connectivity index (χ4v) is 2.52. The number of nitrogens with two attached hydrogens (primary N) is 1. The molecule has 0 amide bonds. The molecule has 0 radical (unpaired) electrons. The van der Waals surface area contributed by atoms with E-state index < -0.39 is 0 Å². The number of hydrogen-bond acceptors (Lipinski definition) is 3. The van der Waals surface area contributed by atoms with E-state index in [4.69, 9.17) is 10.9 Å². The lowest BCUT2D eigenvalue weighted by Gasteiger charge is -2.27. The average Bonchev–Trinajstić information content (AvgIpc) is 3.32. The van der Waals surface area contributed by atoms with Crippen molar-refractivity contribution in [1.82, 2.24) is 0 Å².